The van der Waals surface area contributed by atoms with Crippen molar-refractivity contribution in [2.45, 2.75) is 32.4 Å². The second-order valence-electron chi connectivity index (χ2n) is 6.13. The highest BCUT2D eigenvalue weighted by atomic mass is 32.1. The summed E-state index contributed by atoms with van der Waals surface area (Å²) in [5.74, 6) is 0.774. The SMILES string of the molecule is CN=C(NCc1ccccc1OC(F)F)NCC(C)(C)c1cccs1. The number of nitrogens with zero attached hydrogens (tertiary/aromatic N) is 1. The van der Waals surface area contributed by atoms with Gasteiger partial charge in [-0.25, -0.2) is 0 Å². The van der Waals surface area contributed by atoms with Crippen LogP contribution in [-0.2, 0) is 12.0 Å². The molecule has 136 valence electrons. The first-order valence-corrected chi connectivity index (χ1v) is 8.81. The van der Waals surface area contributed by atoms with E-state index in [4.69, 9.17) is 0 Å². The first-order valence-electron chi connectivity index (χ1n) is 7.93. The van der Waals surface area contributed by atoms with Gasteiger partial charge in [0.2, 0.25) is 0 Å². The molecule has 4 nitrogen and oxygen atoms in total. The number of alkyl halides is 2. The summed E-state index contributed by atoms with van der Waals surface area (Å²) < 4.78 is 29.5. The van der Waals surface area contributed by atoms with Crippen molar-refractivity contribution in [1.82, 2.24) is 10.6 Å². The van der Waals surface area contributed by atoms with Crippen LogP contribution in [0.1, 0.15) is 24.3 Å². The van der Waals surface area contributed by atoms with Crippen LogP contribution in [-0.4, -0.2) is 26.2 Å². The average molecular weight is 367 g/mol. The van der Waals surface area contributed by atoms with Gasteiger partial charge in [-0.3, -0.25) is 4.99 Å². The Morgan fingerprint density at radius 1 is 1.20 bits per heavy atom. The molecule has 0 aliphatic carbocycles. The summed E-state index contributed by atoms with van der Waals surface area (Å²) in [7, 11) is 1.68. The van der Waals surface area contributed by atoms with Crippen LogP contribution in [0, 0.1) is 0 Å². The van der Waals surface area contributed by atoms with Crippen LogP contribution >= 0.6 is 11.3 Å². The fraction of sp³-hybridized carbons (Fsp3) is 0.389. The average Bonchev–Trinajstić information content (AvgIpc) is 3.11. The summed E-state index contributed by atoms with van der Waals surface area (Å²) in [6.45, 7) is 2.50. The predicted molar refractivity (Wildman–Crippen MR) is 98.6 cm³/mol. The molecule has 1 heterocycles. The molecule has 0 spiro atoms. The predicted octanol–water partition coefficient (Wildman–Crippen LogP) is 3.99. The number of thiophene rings is 1. The number of rotatable bonds is 7. The molecular formula is C18H23F2N3OS. The molecule has 2 aromatic rings. The molecular weight excluding hydrogens is 344 g/mol. The Bertz CT molecular complexity index is 687. The zero-order valence-electron chi connectivity index (χ0n) is 14.6. The van der Waals surface area contributed by atoms with E-state index in [-0.39, 0.29) is 11.2 Å². The second kappa shape index (κ2) is 8.80. The van der Waals surface area contributed by atoms with Crippen molar-refractivity contribution in [3.8, 4) is 5.75 Å². The molecule has 0 saturated carbocycles. The van der Waals surface area contributed by atoms with E-state index in [1.807, 2.05) is 6.07 Å². The van der Waals surface area contributed by atoms with E-state index >= 15 is 0 Å². The van der Waals surface area contributed by atoms with Gasteiger partial charge in [0.25, 0.3) is 0 Å². The monoisotopic (exact) mass is 367 g/mol. The number of ether oxygens (including phenoxy) is 1. The summed E-state index contributed by atoms with van der Waals surface area (Å²) >= 11 is 1.72. The molecule has 0 aliphatic heterocycles. The van der Waals surface area contributed by atoms with Gasteiger partial charge in [0.1, 0.15) is 5.75 Å². The van der Waals surface area contributed by atoms with Crippen molar-refractivity contribution >= 4 is 17.3 Å². The zero-order valence-corrected chi connectivity index (χ0v) is 15.4. The van der Waals surface area contributed by atoms with Crippen molar-refractivity contribution < 1.29 is 13.5 Å². The molecule has 7 heteroatoms. The number of aliphatic imine (C=N–C) groups is 1. The Morgan fingerprint density at radius 2 is 1.96 bits per heavy atom. The highest BCUT2D eigenvalue weighted by molar-refractivity contribution is 7.10. The maximum Gasteiger partial charge on any atom is 0.387 e. The Kier molecular flexibility index (Phi) is 6.75. The van der Waals surface area contributed by atoms with Gasteiger partial charge < -0.3 is 15.4 Å². The van der Waals surface area contributed by atoms with Gasteiger partial charge in [0.05, 0.1) is 0 Å². The van der Waals surface area contributed by atoms with E-state index < -0.39 is 6.61 Å². The summed E-state index contributed by atoms with van der Waals surface area (Å²) in [6, 6.07) is 10.9. The van der Waals surface area contributed by atoms with Gasteiger partial charge in [0, 0.05) is 36.0 Å². The number of guanidine groups is 1. The number of benzene rings is 1. The molecule has 0 fully saturated rings. The lowest BCUT2D eigenvalue weighted by Gasteiger charge is -2.25. The van der Waals surface area contributed by atoms with Gasteiger partial charge in [-0.2, -0.15) is 8.78 Å². The highest BCUT2D eigenvalue weighted by Gasteiger charge is 2.22. The standard InChI is InChI=1S/C18H23F2N3OS/c1-18(2,15-9-6-10-25-15)12-23-17(21-3)22-11-13-7-4-5-8-14(13)24-16(19)20/h4-10,16H,11-12H2,1-3H3,(H2,21,22,23). The van der Waals surface area contributed by atoms with Gasteiger partial charge in [-0.05, 0) is 17.5 Å². The van der Waals surface area contributed by atoms with E-state index in [2.05, 4.69) is 45.7 Å². The fourth-order valence-electron chi connectivity index (χ4n) is 2.32. The Hall–Kier alpha value is -2.15. The van der Waals surface area contributed by atoms with Gasteiger partial charge in [0.15, 0.2) is 5.96 Å². The number of para-hydroxylation sites is 1. The lowest BCUT2D eigenvalue weighted by molar-refractivity contribution is -0.0504. The smallest absolute Gasteiger partial charge is 0.387 e. The normalized spacial score (nSPS) is 12.3. The first-order chi connectivity index (χ1) is 11.9. The molecule has 2 N–H and O–H groups in total. The van der Waals surface area contributed by atoms with Crippen molar-refractivity contribution in [2.75, 3.05) is 13.6 Å². The Morgan fingerprint density at radius 3 is 2.60 bits per heavy atom. The van der Waals surface area contributed by atoms with Crippen LogP contribution < -0.4 is 15.4 Å². The van der Waals surface area contributed by atoms with Gasteiger partial charge in [-0.15, -0.1) is 11.3 Å². The largest absolute Gasteiger partial charge is 0.434 e. The highest BCUT2D eigenvalue weighted by Crippen LogP contribution is 2.26. The van der Waals surface area contributed by atoms with Gasteiger partial charge >= 0.3 is 6.61 Å². The summed E-state index contributed by atoms with van der Waals surface area (Å²) in [6.07, 6.45) is 0. The van der Waals surface area contributed by atoms with Crippen LogP contribution in [0.4, 0.5) is 8.78 Å². The minimum absolute atomic E-state index is 0.0392. The number of hydrogen-bond donors (Lipinski definition) is 2. The van der Waals surface area contributed by atoms with Crippen molar-refractivity contribution in [3.05, 3.63) is 52.2 Å². The molecule has 0 radical (unpaired) electrons. The maximum atomic E-state index is 12.5. The van der Waals surface area contributed by atoms with Crippen LogP contribution in [0.5, 0.6) is 5.75 Å². The van der Waals surface area contributed by atoms with Crippen molar-refractivity contribution in [2.24, 2.45) is 4.99 Å². The lowest BCUT2D eigenvalue weighted by atomic mass is 9.91. The lowest BCUT2D eigenvalue weighted by Crippen LogP contribution is -2.43. The van der Waals surface area contributed by atoms with E-state index in [1.54, 1.807) is 36.6 Å². The van der Waals surface area contributed by atoms with E-state index in [1.165, 1.54) is 10.9 Å². The van der Waals surface area contributed by atoms with Crippen molar-refractivity contribution in [1.29, 1.82) is 0 Å². The third kappa shape index (κ3) is 5.70. The molecule has 0 aliphatic rings. The fourth-order valence-corrected chi connectivity index (χ4v) is 3.17. The topological polar surface area (TPSA) is 45.7 Å². The Labute approximate surface area is 150 Å². The minimum atomic E-state index is -2.84. The maximum absolute atomic E-state index is 12.5. The van der Waals surface area contributed by atoms with E-state index in [0.29, 0.717) is 24.6 Å². The third-order valence-corrected chi connectivity index (χ3v) is 4.98. The molecule has 2 rings (SSSR count). The number of nitrogens with one attached hydrogen (secondary N) is 2. The number of halogens is 2. The van der Waals surface area contributed by atoms with Crippen LogP contribution in [0.25, 0.3) is 0 Å². The third-order valence-electron chi connectivity index (χ3n) is 3.74. The first kappa shape index (κ1) is 19.2. The summed E-state index contributed by atoms with van der Waals surface area (Å²) in [5, 5.41) is 8.48. The number of hydrogen-bond acceptors (Lipinski definition) is 3. The molecule has 1 aromatic carbocycles. The molecule has 0 saturated heterocycles. The molecule has 0 amide bonds. The van der Waals surface area contributed by atoms with E-state index in [0.717, 1.165) is 0 Å². The zero-order chi connectivity index (χ0) is 18.3. The van der Waals surface area contributed by atoms with Crippen molar-refractivity contribution in [3.63, 3.8) is 0 Å². The Balaban J connectivity index is 1.93. The van der Waals surface area contributed by atoms with Gasteiger partial charge in [-0.1, -0.05) is 38.1 Å². The van der Waals surface area contributed by atoms with Crippen LogP contribution in [0.2, 0.25) is 0 Å². The summed E-state index contributed by atoms with van der Waals surface area (Å²) in [5.41, 5.74) is 0.603. The minimum Gasteiger partial charge on any atom is -0.434 e. The van der Waals surface area contributed by atoms with E-state index in [9.17, 15) is 8.78 Å². The molecule has 0 bridgehead atoms. The molecule has 1 aromatic heterocycles. The molecule has 0 atom stereocenters. The van der Waals surface area contributed by atoms with Crippen LogP contribution in [0.3, 0.4) is 0 Å². The summed E-state index contributed by atoms with van der Waals surface area (Å²) in [4.78, 5) is 5.47. The van der Waals surface area contributed by atoms with Crippen LogP contribution in [0.15, 0.2) is 46.8 Å². The molecule has 25 heavy (non-hydrogen) atoms. The second-order valence-corrected chi connectivity index (χ2v) is 7.07. The quantitative estimate of drug-likeness (QED) is 0.574. The molecule has 0 unspecified atom stereocenters.